The Morgan fingerprint density at radius 1 is 1.50 bits per heavy atom. The van der Waals surface area contributed by atoms with Crippen molar-refractivity contribution >= 4 is 29.5 Å². The van der Waals surface area contributed by atoms with Crippen LogP contribution in [0, 0.1) is 5.92 Å². The Labute approximate surface area is 112 Å². The number of hydrogen-bond donors (Lipinski definition) is 1. The first-order valence-corrected chi connectivity index (χ1v) is 6.09. The first-order chi connectivity index (χ1) is 8.43. The molecule has 0 saturated carbocycles. The number of anilines is 1. The van der Waals surface area contributed by atoms with Crippen molar-refractivity contribution in [1.29, 1.82) is 0 Å². The SMILES string of the molecule is CC(C)CN(CC(N)=O)c1ccc(Cl)cc1C=O. The molecule has 5 heteroatoms. The Morgan fingerprint density at radius 2 is 2.17 bits per heavy atom. The van der Waals surface area contributed by atoms with Crippen LogP contribution >= 0.6 is 11.6 Å². The summed E-state index contributed by atoms with van der Waals surface area (Å²) in [5.74, 6) is -0.0815. The number of hydrogen-bond acceptors (Lipinski definition) is 3. The second-order valence-electron chi connectivity index (χ2n) is 4.56. The van der Waals surface area contributed by atoms with E-state index in [-0.39, 0.29) is 6.54 Å². The Hall–Kier alpha value is -1.55. The molecule has 98 valence electrons. The molecule has 0 radical (unpaired) electrons. The number of primary amides is 1. The van der Waals surface area contributed by atoms with E-state index in [9.17, 15) is 9.59 Å². The lowest BCUT2D eigenvalue weighted by Gasteiger charge is -2.26. The molecule has 1 rings (SSSR count). The summed E-state index contributed by atoms with van der Waals surface area (Å²) >= 11 is 5.84. The lowest BCUT2D eigenvalue weighted by atomic mass is 10.1. The quantitative estimate of drug-likeness (QED) is 0.804. The molecular weight excluding hydrogens is 252 g/mol. The van der Waals surface area contributed by atoms with Crippen molar-refractivity contribution in [2.24, 2.45) is 11.7 Å². The van der Waals surface area contributed by atoms with Crippen molar-refractivity contribution < 1.29 is 9.59 Å². The lowest BCUT2D eigenvalue weighted by molar-refractivity contribution is -0.116. The summed E-state index contributed by atoms with van der Waals surface area (Å²) in [7, 11) is 0. The first-order valence-electron chi connectivity index (χ1n) is 5.72. The number of nitrogens with two attached hydrogens (primary N) is 1. The van der Waals surface area contributed by atoms with Crippen LogP contribution in [0.1, 0.15) is 24.2 Å². The van der Waals surface area contributed by atoms with E-state index in [4.69, 9.17) is 17.3 Å². The van der Waals surface area contributed by atoms with Gasteiger partial charge in [-0.2, -0.15) is 0 Å². The molecule has 1 aromatic carbocycles. The van der Waals surface area contributed by atoms with Crippen molar-refractivity contribution in [2.45, 2.75) is 13.8 Å². The molecule has 0 aliphatic carbocycles. The predicted molar refractivity (Wildman–Crippen MR) is 73.1 cm³/mol. The van der Waals surface area contributed by atoms with Crippen LogP contribution in [-0.2, 0) is 4.79 Å². The Morgan fingerprint density at radius 3 is 2.67 bits per heavy atom. The minimum absolute atomic E-state index is 0.0840. The zero-order chi connectivity index (χ0) is 13.7. The van der Waals surface area contributed by atoms with Gasteiger partial charge in [0.25, 0.3) is 0 Å². The molecule has 0 saturated heterocycles. The van der Waals surface area contributed by atoms with E-state index < -0.39 is 5.91 Å². The van der Waals surface area contributed by atoms with Crippen molar-refractivity contribution in [2.75, 3.05) is 18.0 Å². The maximum absolute atomic E-state index is 11.1. The largest absolute Gasteiger partial charge is 0.368 e. The number of nitrogens with zero attached hydrogens (tertiary/aromatic N) is 1. The van der Waals surface area contributed by atoms with E-state index in [1.165, 1.54) is 0 Å². The van der Waals surface area contributed by atoms with Gasteiger partial charge >= 0.3 is 0 Å². The number of benzene rings is 1. The molecule has 0 aliphatic rings. The van der Waals surface area contributed by atoms with Gasteiger partial charge in [0.15, 0.2) is 6.29 Å². The van der Waals surface area contributed by atoms with Crippen LogP contribution < -0.4 is 10.6 Å². The molecule has 4 nitrogen and oxygen atoms in total. The summed E-state index contributed by atoms with van der Waals surface area (Å²) in [6.45, 7) is 4.79. The van der Waals surface area contributed by atoms with Gasteiger partial charge in [-0.05, 0) is 24.1 Å². The van der Waals surface area contributed by atoms with Gasteiger partial charge in [0.2, 0.25) is 5.91 Å². The summed E-state index contributed by atoms with van der Waals surface area (Å²) in [6.07, 6.45) is 0.732. The highest BCUT2D eigenvalue weighted by Crippen LogP contribution is 2.23. The molecule has 0 fully saturated rings. The first kappa shape index (κ1) is 14.5. The van der Waals surface area contributed by atoms with Crippen LogP contribution in [0.3, 0.4) is 0 Å². The summed E-state index contributed by atoms with van der Waals surface area (Å²) in [5.41, 5.74) is 6.38. The number of halogens is 1. The summed E-state index contributed by atoms with van der Waals surface area (Å²) in [4.78, 5) is 23.9. The summed E-state index contributed by atoms with van der Waals surface area (Å²) in [5, 5.41) is 0.490. The smallest absolute Gasteiger partial charge is 0.236 e. The summed E-state index contributed by atoms with van der Waals surface area (Å²) in [6, 6.07) is 5.01. The van der Waals surface area contributed by atoms with E-state index >= 15 is 0 Å². The predicted octanol–water partition coefficient (Wildman–Crippen LogP) is 2.10. The molecule has 1 amide bonds. The number of rotatable bonds is 6. The van der Waals surface area contributed by atoms with Gasteiger partial charge in [0.1, 0.15) is 0 Å². The highest BCUT2D eigenvalue weighted by Gasteiger charge is 2.15. The number of carbonyl (C=O) groups excluding carboxylic acids is 2. The van der Waals surface area contributed by atoms with Crippen LogP contribution in [0.5, 0.6) is 0 Å². The van der Waals surface area contributed by atoms with Crippen LogP contribution in [0.15, 0.2) is 18.2 Å². The van der Waals surface area contributed by atoms with E-state index in [1.54, 1.807) is 23.1 Å². The van der Waals surface area contributed by atoms with E-state index in [2.05, 4.69) is 0 Å². The monoisotopic (exact) mass is 268 g/mol. The molecule has 0 spiro atoms. The van der Waals surface area contributed by atoms with E-state index in [0.29, 0.717) is 28.7 Å². The zero-order valence-electron chi connectivity index (χ0n) is 10.5. The highest BCUT2D eigenvalue weighted by molar-refractivity contribution is 6.31. The van der Waals surface area contributed by atoms with Crippen molar-refractivity contribution in [3.63, 3.8) is 0 Å². The molecule has 1 aromatic rings. The minimum atomic E-state index is -0.428. The molecular formula is C13H17ClN2O2. The van der Waals surface area contributed by atoms with Crippen LogP contribution in [0.2, 0.25) is 5.02 Å². The maximum Gasteiger partial charge on any atom is 0.236 e. The standard InChI is InChI=1S/C13H17ClN2O2/c1-9(2)6-16(7-13(15)18)12-4-3-11(14)5-10(12)8-17/h3-5,8-9H,6-7H2,1-2H3,(H2,15,18). The van der Waals surface area contributed by atoms with E-state index in [0.717, 1.165) is 6.29 Å². The molecule has 0 heterocycles. The normalized spacial score (nSPS) is 10.4. The second kappa shape index (κ2) is 6.40. The number of amides is 1. The third-order valence-corrected chi connectivity index (χ3v) is 2.62. The topological polar surface area (TPSA) is 63.4 Å². The van der Waals surface area contributed by atoms with E-state index in [1.807, 2.05) is 13.8 Å². The van der Waals surface area contributed by atoms with Gasteiger partial charge in [-0.1, -0.05) is 25.4 Å². The van der Waals surface area contributed by atoms with Gasteiger partial charge in [-0.15, -0.1) is 0 Å². The fourth-order valence-electron chi connectivity index (χ4n) is 1.78. The van der Waals surface area contributed by atoms with Crippen LogP contribution in [0.25, 0.3) is 0 Å². The van der Waals surface area contributed by atoms with Crippen molar-refractivity contribution in [1.82, 2.24) is 0 Å². The fourth-order valence-corrected chi connectivity index (χ4v) is 1.97. The molecule has 2 N–H and O–H groups in total. The average molecular weight is 269 g/mol. The third kappa shape index (κ3) is 4.04. The van der Waals surface area contributed by atoms with Gasteiger partial charge in [-0.3, -0.25) is 9.59 Å². The third-order valence-electron chi connectivity index (χ3n) is 2.39. The van der Waals surface area contributed by atoms with Gasteiger partial charge < -0.3 is 10.6 Å². The number of carbonyl (C=O) groups is 2. The molecule has 0 bridgehead atoms. The van der Waals surface area contributed by atoms with Gasteiger partial charge in [-0.25, -0.2) is 0 Å². The summed E-state index contributed by atoms with van der Waals surface area (Å²) < 4.78 is 0. The molecule has 0 atom stereocenters. The lowest BCUT2D eigenvalue weighted by Crippen LogP contribution is -2.36. The Kier molecular flexibility index (Phi) is 5.16. The molecule has 0 aromatic heterocycles. The van der Waals surface area contributed by atoms with Crippen LogP contribution in [-0.4, -0.2) is 25.3 Å². The fraction of sp³-hybridized carbons (Fsp3) is 0.385. The average Bonchev–Trinajstić information content (AvgIpc) is 2.26. The molecule has 18 heavy (non-hydrogen) atoms. The highest BCUT2D eigenvalue weighted by atomic mass is 35.5. The zero-order valence-corrected chi connectivity index (χ0v) is 11.3. The number of aldehydes is 1. The Bertz CT molecular complexity index is 447. The van der Waals surface area contributed by atoms with Crippen molar-refractivity contribution in [3.8, 4) is 0 Å². The van der Waals surface area contributed by atoms with Crippen LogP contribution in [0.4, 0.5) is 5.69 Å². The van der Waals surface area contributed by atoms with Gasteiger partial charge in [0.05, 0.1) is 6.54 Å². The van der Waals surface area contributed by atoms with Gasteiger partial charge in [0, 0.05) is 22.8 Å². The molecule has 0 aliphatic heterocycles. The minimum Gasteiger partial charge on any atom is -0.368 e. The Balaban J connectivity index is 3.10. The molecule has 0 unspecified atom stereocenters. The van der Waals surface area contributed by atoms with Crippen molar-refractivity contribution in [3.05, 3.63) is 28.8 Å². The second-order valence-corrected chi connectivity index (χ2v) is 5.00. The maximum atomic E-state index is 11.1.